The quantitative estimate of drug-likeness (QED) is 0.158. The lowest BCUT2D eigenvalue weighted by Crippen LogP contribution is -2.33. The van der Waals surface area contributed by atoms with Crippen molar-refractivity contribution in [2.24, 2.45) is 0 Å². The highest BCUT2D eigenvalue weighted by Gasteiger charge is 2.38. The largest absolute Gasteiger partial charge is 0.489 e. The number of imidazole rings is 1. The third-order valence-electron chi connectivity index (χ3n) is 8.06. The molecule has 0 spiro atoms. The molecule has 3 aromatic heterocycles. The topological polar surface area (TPSA) is 91.3 Å². The molecule has 238 valence electrons. The SMILES string of the molecule is Fc1cc(Cl)ccc1COc1cccc(C2=CCN(Cc3nc4cc(-c5noc(C(F)(F)F)n5)ncc4n3C[C@@H]3CCO3)CC2)c1. The molecule has 1 atom stereocenters. The summed E-state index contributed by atoms with van der Waals surface area (Å²) in [5.74, 6) is -0.646. The van der Waals surface area contributed by atoms with Crippen molar-refractivity contribution in [1.82, 2.24) is 29.6 Å². The fourth-order valence-electron chi connectivity index (χ4n) is 5.50. The van der Waals surface area contributed by atoms with Crippen molar-refractivity contribution < 1.29 is 31.6 Å². The third kappa shape index (κ3) is 6.48. The maximum absolute atomic E-state index is 14.2. The Balaban J connectivity index is 1.06. The molecule has 46 heavy (non-hydrogen) atoms. The smallest absolute Gasteiger partial charge is 0.471 e. The summed E-state index contributed by atoms with van der Waals surface area (Å²) in [5.41, 5.74) is 4.10. The molecule has 7 rings (SSSR count). The van der Waals surface area contributed by atoms with Gasteiger partial charge in [-0.3, -0.25) is 9.88 Å². The van der Waals surface area contributed by atoms with Gasteiger partial charge in [0, 0.05) is 30.3 Å². The van der Waals surface area contributed by atoms with Crippen LogP contribution in [-0.4, -0.2) is 55.4 Å². The summed E-state index contributed by atoms with van der Waals surface area (Å²) in [5, 5.41) is 3.79. The van der Waals surface area contributed by atoms with Gasteiger partial charge in [0.1, 0.15) is 29.7 Å². The van der Waals surface area contributed by atoms with Crippen LogP contribution < -0.4 is 4.74 Å². The fourth-order valence-corrected chi connectivity index (χ4v) is 5.66. The first-order valence-electron chi connectivity index (χ1n) is 14.7. The summed E-state index contributed by atoms with van der Waals surface area (Å²) < 4.78 is 71.1. The zero-order chi connectivity index (χ0) is 31.8. The summed E-state index contributed by atoms with van der Waals surface area (Å²) in [6, 6.07) is 13.8. The Labute approximate surface area is 265 Å². The molecule has 0 radical (unpaired) electrons. The van der Waals surface area contributed by atoms with Gasteiger partial charge in [-0.25, -0.2) is 9.37 Å². The second kappa shape index (κ2) is 12.5. The molecule has 0 amide bonds. The molecular formula is C32H27ClF4N6O3. The molecular weight excluding hydrogens is 628 g/mol. The van der Waals surface area contributed by atoms with Crippen LogP contribution in [0.3, 0.4) is 0 Å². The molecule has 2 aliphatic heterocycles. The van der Waals surface area contributed by atoms with E-state index in [-0.39, 0.29) is 24.2 Å². The van der Waals surface area contributed by atoms with Gasteiger partial charge in [-0.15, -0.1) is 0 Å². The Bertz CT molecular complexity index is 1920. The van der Waals surface area contributed by atoms with E-state index in [4.69, 9.17) is 26.1 Å². The Morgan fingerprint density at radius 2 is 1.96 bits per heavy atom. The molecule has 2 aliphatic rings. The van der Waals surface area contributed by atoms with E-state index in [2.05, 4.69) is 35.2 Å². The predicted octanol–water partition coefficient (Wildman–Crippen LogP) is 6.95. The summed E-state index contributed by atoms with van der Waals surface area (Å²) in [4.78, 5) is 14.9. The minimum absolute atomic E-state index is 0.0564. The zero-order valence-electron chi connectivity index (χ0n) is 24.3. The van der Waals surface area contributed by atoms with Gasteiger partial charge in [0.05, 0.1) is 36.4 Å². The number of nitrogens with zero attached hydrogens (tertiary/aromatic N) is 6. The monoisotopic (exact) mass is 654 g/mol. The Kier molecular flexibility index (Phi) is 8.22. The number of pyridine rings is 1. The van der Waals surface area contributed by atoms with Gasteiger partial charge in [-0.2, -0.15) is 18.2 Å². The molecule has 0 N–H and O–H groups in total. The van der Waals surface area contributed by atoms with Crippen LogP contribution in [0.5, 0.6) is 5.75 Å². The lowest BCUT2D eigenvalue weighted by atomic mass is 9.99. The molecule has 0 aliphatic carbocycles. The number of fused-ring (bicyclic) bond motifs is 1. The second-order valence-electron chi connectivity index (χ2n) is 11.2. The number of alkyl halides is 3. The van der Waals surface area contributed by atoms with Crippen LogP contribution in [0, 0.1) is 5.82 Å². The number of hydrogen-bond acceptors (Lipinski definition) is 8. The zero-order valence-corrected chi connectivity index (χ0v) is 25.1. The molecule has 14 heteroatoms. The van der Waals surface area contributed by atoms with E-state index in [9.17, 15) is 17.6 Å². The minimum Gasteiger partial charge on any atom is -0.489 e. The lowest BCUT2D eigenvalue weighted by molar-refractivity contribution is -0.159. The second-order valence-corrected chi connectivity index (χ2v) is 11.6. The summed E-state index contributed by atoms with van der Waals surface area (Å²) in [7, 11) is 0. The molecule has 5 aromatic rings. The maximum atomic E-state index is 14.2. The van der Waals surface area contributed by atoms with Crippen molar-refractivity contribution >= 4 is 28.2 Å². The number of hydrogen-bond donors (Lipinski definition) is 0. The number of ether oxygens (including phenoxy) is 2. The van der Waals surface area contributed by atoms with E-state index in [0.717, 1.165) is 36.3 Å². The Hall–Kier alpha value is -4.33. The highest BCUT2D eigenvalue weighted by atomic mass is 35.5. The number of benzene rings is 2. The highest BCUT2D eigenvalue weighted by Crippen LogP contribution is 2.31. The van der Waals surface area contributed by atoms with Crippen molar-refractivity contribution in [3.63, 3.8) is 0 Å². The van der Waals surface area contributed by atoms with Gasteiger partial charge >= 0.3 is 12.1 Å². The molecule has 2 aromatic carbocycles. The van der Waals surface area contributed by atoms with Crippen molar-refractivity contribution in [3.05, 3.63) is 94.5 Å². The van der Waals surface area contributed by atoms with Crippen molar-refractivity contribution in [2.75, 3.05) is 19.7 Å². The molecule has 5 heterocycles. The first kappa shape index (κ1) is 30.3. The van der Waals surface area contributed by atoms with E-state index >= 15 is 0 Å². The van der Waals surface area contributed by atoms with E-state index < -0.39 is 17.9 Å². The Morgan fingerprint density at radius 3 is 2.67 bits per heavy atom. The molecule has 1 fully saturated rings. The van der Waals surface area contributed by atoms with E-state index in [1.807, 2.05) is 24.3 Å². The average Bonchev–Trinajstić information content (AvgIpc) is 3.64. The van der Waals surface area contributed by atoms with Gasteiger partial charge < -0.3 is 18.6 Å². The minimum atomic E-state index is -4.75. The van der Waals surface area contributed by atoms with Crippen LogP contribution in [0.15, 0.2) is 65.3 Å². The molecule has 0 saturated carbocycles. The van der Waals surface area contributed by atoms with Crippen LogP contribution in [0.4, 0.5) is 17.6 Å². The van der Waals surface area contributed by atoms with Gasteiger partial charge in [0.25, 0.3) is 0 Å². The first-order chi connectivity index (χ1) is 22.2. The van der Waals surface area contributed by atoms with Gasteiger partial charge in [0.15, 0.2) is 0 Å². The van der Waals surface area contributed by atoms with E-state index in [1.165, 1.54) is 11.6 Å². The Morgan fingerprint density at radius 1 is 1.09 bits per heavy atom. The van der Waals surface area contributed by atoms with Crippen molar-refractivity contribution in [2.45, 2.75) is 44.8 Å². The molecule has 1 saturated heterocycles. The van der Waals surface area contributed by atoms with Crippen molar-refractivity contribution in [3.8, 4) is 17.3 Å². The van der Waals surface area contributed by atoms with E-state index in [1.54, 1.807) is 24.4 Å². The number of halogens is 5. The predicted molar refractivity (Wildman–Crippen MR) is 160 cm³/mol. The van der Waals surface area contributed by atoms with Gasteiger partial charge in [0.2, 0.25) is 5.82 Å². The molecule has 0 bridgehead atoms. The maximum Gasteiger partial charge on any atom is 0.471 e. The fraction of sp³-hybridized carbons (Fsp3) is 0.312. The van der Waals surface area contributed by atoms with Gasteiger partial charge in [-0.1, -0.05) is 41.0 Å². The lowest BCUT2D eigenvalue weighted by Gasteiger charge is -2.29. The van der Waals surface area contributed by atoms with Crippen LogP contribution in [0.1, 0.15) is 35.7 Å². The average molecular weight is 655 g/mol. The van der Waals surface area contributed by atoms with E-state index in [0.29, 0.717) is 48.1 Å². The van der Waals surface area contributed by atoms with Crippen LogP contribution in [0.25, 0.3) is 28.1 Å². The van der Waals surface area contributed by atoms with Crippen LogP contribution in [0.2, 0.25) is 5.02 Å². The summed E-state index contributed by atoms with van der Waals surface area (Å²) >= 11 is 5.85. The number of aromatic nitrogens is 5. The van der Waals surface area contributed by atoms with Crippen molar-refractivity contribution in [1.29, 1.82) is 0 Å². The first-order valence-corrected chi connectivity index (χ1v) is 15.0. The normalized spacial score (nSPS) is 17.2. The summed E-state index contributed by atoms with van der Waals surface area (Å²) in [6.07, 6.45) is 0.796. The summed E-state index contributed by atoms with van der Waals surface area (Å²) in [6.45, 7) is 3.41. The van der Waals surface area contributed by atoms with Gasteiger partial charge in [-0.05, 0) is 54.3 Å². The number of rotatable bonds is 9. The molecule has 9 nitrogen and oxygen atoms in total. The highest BCUT2D eigenvalue weighted by molar-refractivity contribution is 6.30. The molecule has 0 unspecified atom stereocenters. The van der Waals surface area contributed by atoms with Crippen LogP contribution >= 0.6 is 11.6 Å². The third-order valence-corrected chi connectivity index (χ3v) is 8.30. The standard InChI is InChI=1S/C32H27ClF4N6O3/c33-22-5-4-21(25(34)13-22)18-45-23-3-1-2-20(12-23)19-6-9-42(10-7-19)17-29-39-26-14-27(30-40-31(46-41-30)32(35,36)37)38-15-28(26)43(29)16-24-8-11-44-24/h1-6,12-15,24H,7-11,16-18H2/t24-/m0/s1. The van der Waals surface area contributed by atoms with Crippen LogP contribution in [-0.2, 0) is 30.6 Å².